The number of para-hydroxylation sites is 1. The van der Waals surface area contributed by atoms with Gasteiger partial charge in [-0.3, -0.25) is 9.78 Å². The molecule has 0 spiro atoms. The third-order valence-electron chi connectivity index (χ3n) is 3.19. The fraction of sp³-hybridized carbons (Fsp3) is 0.353. The Labute approximate surface area is 129 Å². The minimum absolute atomic E-state index is 0.296. The normalized spacial score (nSPS) is 12.2. The SMILES string of the molecule is CC(C)CNC(=O)[C@H](C)OC(=O)c1cccc2cccnc12. The molecule has 116 valence electrons. The Balaban J connectivity index is 2.09. The summed E-state index contributed by atoms with van der Waals surface area (Å²) in [6.07, 6.45) is 0.781. The van der Waals surface area contributed by atoms with Crippen LogP contribution < -0.4 is 5.32 Å². The lowest BCUT2D eigenvalue weighted by Gasteiger charge is -2.15. The van der Waals surface area contributed by atoms with E-state index >= 15 is 0 Å². The highest BCUT2D eigenvalue weighted by Gasteiger charge is 2.20. The number of carbonyl (C=O) groups is 2. The molecule has 0 fully saturated rings. The molecule has 0 saturated heterocycles. The van der Waals surface area contributed by atoms with Gasteiger partial charge in [0.05, 0.1) is 11.1 Å². The van der Waals surface area contributed by atoms with E-state index in [0.717, 1.165) is 5.39 Å². The monoisotopic (exact) mass is 300 g/mol. The molecule has 22 heavy (non-hydrogen) atoms. The Morgan fingerprint density at radius 2 is 1.91 bits per heavy atom. The van der Waals surface area contributed by atoms with Crippen molar-refractivity contribution in [3.8, 4) is 0 Å². The predicted octanol–water partition coefficient (Wildman–Crippen LogP) is 2.55. The molecule has 1 atom stereocenters. The van der Waals surface area contributed by atoms with Gasteiger partial charge in [0.25, 0.3) is 5.91 Å². The first-order chi connectivity index (χ1) is 10.5. The molecule has 0 radical (unpaired) electrons. The standard InChI is InChI=1S/C17H20N2O3/c1-11(2)10-19-16(20)12(3)22-17(21)14-8-4-6-13-7-5-9-18-15(13)14/h4-9,11-12H,10H2,1-3H3,(H,19,20)/t12-/m0/s1. The summed E-state index contributed by atoms with van der Waals surface area (Å²) in [7, 11) is 0. The van der Waals surface area contributed by atoms with Crippen molar-refractivity contribution < 1.29 is 14.3 Å². The van der Waals surface area contributed by atoms with Gasteiger partial charge in [-0.05, 0) is 25.0 Å². The van der Waals surface area contributed by atoms with E-state index in [-0.39, 0.29) is 5.91 Å². The van der Waals surface area contributed by atoms with Crippen LogP contribution in [0.3, 0.4) is 0 Å². The number of hydrogen-bond donors (Lipinski definition) is 1. The quantitative estimate of drug-likeness (QED) is 0.862. The summed E-state index contributed by atoms with van der Waals surface area (Å²) in [5.41, 5.74) is 0.936. The molecule has 5 heteroatoms. The van der Waals surface area contributed by atoms with Crippen LogP contribution in [0.25, 0.3) is 10.9 Å². The summed E-state index contributed by atoms with van der Waals surface area (Å²) in [4.78, 5) is 28.4. The van der Waals surface area contributed by atoms with Gasteiger partial charge in [0.2, 0.25) is 0 Å². The topological polar surface area (TPSA) is 68.3 Å². The van der Waals surface area contributed by atoms with Crippen molar-refractivity contribution in [1.29, 1.82) is 0 Å². The average Bonchev–Trinajstić information content (AvgIpc) is 2.51. The number of nitrogens with zero attached hydrogens (tertiary/aromatic N) is 1. The zero-order valence-electron chi connectivity index (χ0n) is 13.0. The van der Waals surface area contributed by atoms with E-state index in [9.17, 15) is 9.59 Å². The van der Waals surface area contributed by atoms with Crippen LogP contribution in [0.5, 0.6) is 0 Å². The Morgan fingerprint density at radius 1 is 1.18 bits per heavy atom. The minimum Gasteiger partial charge on any atom is -0.449 e. The Morgan fingerprint density at radius 3 is 2.64 bits per heavy atom. The maximum absolute atomic E-state index is 12.3. The van der Waals surface area contributed by atoms with Gasteiger partial charge in [-0.25, -0.2) is 4.79 Å². The lowest BCUT2D eigenvalue weighted by atomic mass is 10.1. The fourth-order valence-electron chi connectivity index (χ4n) is 1.99. The van der Waals surface area contributed by atoms with Crippen molar-refractivity contribution in [2.45, 2.75) is 26.9 Å². The number of hydrogen-bond acceptors (Lipinski definition) is 4. The number of fused-ring (bicyclic) bond motifs is 1. The number of benzene rings is 1. The molecule has 1 amide bonds. The third kappa shape index (κ3) is 3.81. The van der Waals surface area contributed by atoms with Crippen molar-refractivity contribution in [3.05, 3.63) is 42.1 Å². The second kappa shape index (κ2) is 7.02. The van der Waals surface area contributed by atoms with E-state index in [2.05, 4.69) is 10.3 Å². The number of esters is 1. The van der Waals surface area contributed by atoms with E-state index < -0.39 is 12.1 Å². The van der Waals surface area contributed by atoms with Crippen LogP contribution in [0.4, 0.5) is 0 Å². The first-order valence-electron chi connectivity index (χ1n) is 7.31. The number of carbonyl (C=O) groups excluding carboxylic acids is 2. The molecule has 1 aromatic carbocycles. The molecule has 0 aliphatic heterocycles. The van der Waals surface area contributed by atoms with Crippen LogP contribution >= 0.6 is 0 Å². The number of ether oxygens (including phenoxy) is 1. The van der Waals surface area contributed by atoms with Gasteiger partial charge >= 0.3 is 5.97 Å². The van der Waals surface area contributed by atoms with Gasteiger partial charge in [0.1, 0.15) is 0 Å². The smallest absolute Gasteiger partial charge is 0.341 e. The lowest BCUT2D eigenvalue weighted by Crippen LogP contribution is -2.37. The fourth-order valence-corrected chi connectivity index (χ4v) is 1.99. The summed E-state index contributed by atoms with van der Waals surface area (Å²) in [5, 5.41) is 3.60. The van der Waals surface area contributed by atoms with Crippen LogP contribution in [0, 0.1) is 5.92 Å². The van der Waals surface area contributed by atoms with E-state index in [1.54, 1.807) is 31.3 Å². The number of rotatable bonds is 5. The van der Waals surface area contributed by atoms with Crippen LogP contribution in [0.1, 0.15) is 31.1 Å². The van der Waals surface area contributed by atoms with Gasteiger partial charge in [-0.15, -0.1) is 0 Å². The highest BCUT2D eigenvalue weighted by molar-refractivity contribution is 6.03. The number of aromatic nitrogens is 1. The molecule has 0 unspecified atom stereocenters. The second-order valence-corrected chi connectivity index (χ2v) is 5.57. The summed E-state index contributed by atoms with van der Waals surface area (Å²) in [5.74, 6) is -0.499. The number of nitrogens with one attached hydrogen (secondary N) is 1. The molecule has 1 heterocycles. The van der Waals surface area contributed by atoms with E-state index in [4.69, 9.17) is 4.74 Å². The molecule has 2 rings (SSSR count). The van der Waals surface area contributed by atoms with Crippen molar-refractivity contribution in [1.82, 2.24) is 10.3 Å². The second-order valence-electron chi connectivity index (χ2n) is 5.57. The summed E-state index contributed by atoms with van der Waals surface area (Å²) < 4.78 is 5.25. The molecular weight excluding hydrogens is 280 g/mol. The highest BCUT2D eigenvalue weighted by Crippen LogP contribution is 2.17. The summed E-state index contributed by atoms with van der Waals surface area (Å²) >= 11 is 0. The van der Waals surface area contributed by atoms with E-state index in [1.165, 1.54) is 0 Å². The van der Waals surface area contributed by atoms with Crippen LogP contribution in [0.15, 0.2) is 36.5 Å². The molecule has 1 aromatic heterocycles. The molecular formula is C17H20N2O3. The van der Waals surface area contributed by atoms with Crippen molar-refractivity contribution >= 4 is 22.8 Å². The third-order valence-corrected chi connectivity index (χ3v) is 3.19. The predicted molar refractivity (Wildman–Crippen MR) is 84.5 cm³/mol. The highest BCUT2D eigenvalue weighted by atomic mass is 16.5. The molecule has 2 aromatic rings. The van der Waals surface area contributed by atoms with Crippen LogP contribution in [-0.2, 0) is 9.53 Å². The molecule has 0 aliphatic carbocycles. The molecule has 0 bridgehead atoms. The van der Waals surface area contributed by atoms with Crippen molar-refractivity contribution in [2.75, 3.05) is 6.54 Å². The number of pyridine rings is 1. The number of amides is 1. The van der Waals surface area contributed by atoms with Gasteiger partial charge in [-0.2, -0.15) is 0 Å². The summed E-state index contributed by atoms with van der Waals surface area (Å²) in [6.45, 7) is 6.11. The van der Waals surface area contributed by atoms with Crippen molar-refractivity contribution in [3.63, 3.8) is 0 Å². The zero-order chi connectivity index (χ0) is 16.1. The van der Waals surface area contributed by atoms with Gasteiger partial charge < -0.3 is 10.1 Å². The molecule has 0 saturated carbocycles. The Bertz CT molecular complexity index is 677. The maximum atomic E-state index is 12.3. The lowest BCUT2D eigenvalue weighted by molar-refractivity contribution is -0.129. The van der Waals surface area contributed by atoms with E-state index in [1.807, 2.05) is 26.0 Å². The summed E-state index contributed by atoms with van der Waals surface area (Å²) in [6, 6.07) is 8.97. The maximum Gasteiger partial charge on any atom is 0.341 e. The van der Waals surface area contributed by atoms with Gasteiger partial charge in [0, 0.05) is 18.1 Å². The molecule has 5 nitrogen and oxygen atoms in total. The zero-order valence-corrected chi connectivity index (χ0v) is 13.0. The Hall–Kier alpha value is -2.43. The largest absolute Gasteiger partial charge is 0.449 e. The van der Waals surface area contributed by atoms with Crippen LogP contribution in [-0.4, -0.2) is 29.5 Å². The van der Waals surface area contributed by atoms with Gasteiger partial charge in [-0.1, -0.05) is 32.0 Å². The van der Waals surface area contributed by atoms with Gasteiger partial charge in [0.15, 0.2) is 6.10 Å². The van der Waals surface area contributed by atoms with Crippen LogP contribution in [0.2, 0.25) is 0 Å². The molecule has 1 N–H and O–H groups in total. The Kier molecular flexibility index (Phi) is 5.09. The first-order valence-corrected chi connectivity index (χ1v) is 7.31. The average molecular weight is 300 g/mol. The minimum atomic E-state index is -0.842. The first kappa shape index (κ1) is 15.9. The van der Waals surface area contributed by atoms with Crippen molar-refractivity contribution in [2.24, 2.45) is 5.92 Å². The van der Waals surface area contributed by atoms with E-state index in [0.29, 0.717) is 23.5 Å². The molecule has 0 aliphatic rings.